The van der Waals surface area contributed by atoms with Crippen molar-refractivity contribution in [3.8, 4) is 0 Å². The van der Waals surface area contributed by atoms with Gasteiger partial charge >= 0.3 is 5.97 Å². The molecule has 0 spiro atoms. The first-order chi connectivity index (χ1) is 7.83. The van der Waals surface area contributed by atoms with E-state index in [0.717, 1.165) is 5.56 Å². The number of esters is 1. The Morgan fingerprint density at radius 3 is 2.75 bits per heavy atom. The summed E-state index contributed by atoms with van der Waals surface area (Å²) in [6.45, 7) is 1.20. The summed E-state index contributed by atoms with van der Waals surface area (Å²) in [5, 5.41) is 0. The maximum atomic E-state index is 10.7. The van der Waals surface area contributed by atoms with Crippen molar-refractivity contribution in [1.82, 2.24) is 0 Å². The summed E-state index contributed by atoms with van der Waals surface area (Å²) < 4.78 is 9.89. The van der Waals surface area contributed by atoms with Gasteiger partial charge in [0.2, 0.25) is 0 Å². The van der Waals surface area contributed by atoms with Gasteiger partial charge in [-0.2, -0.15) is 0 Å². The van der Waals surface area contributed by atoms with Crippen LogP contribution >= 0.6 is 0 Å². The Hall–Kier alpha value is -1.61. The van der Waals surface area contributed by atoms with E-state index in [4.69, 9.17) is 4.74 Å². The minimum Gasteiger partial charge on any atom is -0.466 e. The first-order valence-corrected chi connectivity index (χ1v) is 5.19. The summed E-state index contributed by atoms with van der Waals surface area (Å²) in [5.41, 5.74) is 1.15. The lowest BCUT2D eigenvalue weighted by Gasteiger charge is -2.01. The highest BCUT2D eigenvalue weighted by atomic mass is 16.5. The Morgan fingerprint density at radius 1 is 1.31 bits per heavy atom. The molecule has 3 nitrogen and oxygen atoms in total. The second-order valence-corrected chi connectivity index (χ2v) is 3.25. The van der Waals surface area contributed by atoms with Gasteiger partial charge in [-0.3, -0.25) is 0 Å². The van der Waals surface area contributed by atoms with E-state index in [1.165, 1.54) is 13.2 Å². The van der Waals surface area contributed by atoms with Crippen molar-refractivity contribution in [2.24, 2.45) is 0 Å². The molecule has 0 atom stereocenters. The van der Waals surface area contributed by atoms with Crippen LogP contribution in [0.3, 0.4) is 0 Å². The molecule has 0 aliphatic carbocycles. The normalized spacial score (nSPS) is 10.6. The first kappa shape index (κ1) is 12.5. The van der Waals surface area contributed by atoms with Gasteiger partial charge < -0.3 is 9.47 Å². The molecule has 3 heteroatoms. The summed E-state index contributed by atoms with van der Waals surface area (Å²) in [5.74, 6) is -0.331. The Morgan fingerprint density at radius 2 is 2.06 bits per heavy atom. The molecule has 0 bridgehead atoms. The summed E-state index contributed by atoms with van der Waals surface area (Å²) in [7, 11) is 1.36. The lowest BCUT2D eigenvalue weighted by molar-refractivity contribution is -0.134. The fourth-order valence-electron chi connectivity index (χ4n) is 1.16. The minimum atomic E-state index is -0.331. The highest BCUT2D eigenvalue weighted by molar-refractivity contribution is 5.81. The van der Waals surface area contributed by atoms with Crippen LogP contribution in [0.1, 0.15) is 12.0 Å². The Kier molecular flexibility index (Phi) is 5.96. The second-order valence-electron chi connectivity index (χ2n) is 3.25. The molecule has 0 saturated heterocycles. The Balaban J connectivity index is 2.09. The van der Waals surface area contributed by atoms with Crippen LogP contribution in [-0.4, -0.2) is 19.7 Å². The van der Waals surface area contributed by atoms with Gasteiger partial charge in [-0.25, -0.2) is 4.79 Å². The van der Waals surface area contributed by atoms with Gasteiger partial charge in [-0.15, -0.1) is 0 Å². The average Bonchev–Trinajstić information content (AvgIpc) is 2.34. The van der Waals surface area contributed by atoms with E-state index >= 15 is 0 Å². The summed E-state index contributed by atoms with van der Waals surface area (Å²) in [4.78, 5) is 10.7. The standard InChI is InChI=1S/C13H16O3/c1-15-13(14)9-5-6-10-16-11-12-7-3-2-4-8-12/h2-5,7-9H,6,10-11H2,1H3/b9-5-. The fraction of sp³-hybridized carbons (Fsp3) is 0.308. The number of hydrogen-bond acceptors (Lipinski definition) is 3. The zero-order valence-corrected chi connectivity index (χ0v) is 9.39. The molecular weight excluding hydrogens is 204 g/mol. The molecule has 0 aliphatic heterocycles. The van der Waals surface area contributed by atoms with E-state index < -0.39 is 0 Å². The van der Waals surface area contributed by atoms with E-state index in [0.29, 0.717) is 19.6 Å². The van der Waals surface area contributed by atoms with Gasteiger partial charge in [0.05, 0.1) is 20.3 Å². The average molecular weight is 220 g/mol. The monoisotopic (exact) mass is 220 g/mol. The number of benzene rings is 1. The fourth-order valence-corrected chi connectivity index (χ4v) is 1.16. The third-order valence-corrected chi connectivity index (χ3v) is 2.00. The third kappa shape index (κ3) is 5.32. The molecule has 0 saturated carbocycles. The number of methoxy groups -OCH3 is 1. The van der Waals surface area contributed by atoms with Crippen LogP contribution in [0, 0.1) is 0 Å². The lowest BCUT2D eigenvalue weighted by Crippen LogP contribution is -1.96. The topological polar surface area (TPSA) is 35.5 Å². The molecule has 0 radical (unpaired) electrons. The first-order valence-electron chi connectivity index (χ1n) is 5.19. The minimum absolute atomic E-state index is 0.331. The maximum Gasteiger partial charge on any atom is 0.330 e. The molecule has 1 aromatic rings. The van der Waals surface area contributed by atoms with Crippen molar-refractivity contribution >= 4 is 5.97 Å². The summed E-state index contributed by atoms with van der Waals surface area (Å²) in [6, 6.07) is 9.98. The van der Waals surface area contributed by atoms with Gasteiger partial charge in [0.1, 0.15) is 0 Å². The third-order valence-electron chi connectivity index (χ3n) is 2.00. The van der Waals surface area contributed by atoms with Crippen molar-refractivity contribution in [3.63, 3.8) is 0 Å². The smallest absolute Gasteiger partial charge is 0.330 e. The molecule has 0 unspecified atom stereocenters. The molecule has 1 aromatic carbocycles. The van der Waals surface area contributed by atoms with E-state index in [9.17, 15) is 4.79 Å². The Labute approximate surface area is 95.7 Å². The van der Waals surface area contributed by atoms with Crippen LogP contribution < -0.4 is 0 Å². The molecule has 0 N–H and O–H groups in total. The van der Waals surface area contributed by atoms with Gasteiger partial charge in [0.25, 0.3) is 0 Å². The van der Waals surface area contributed by atoms with E-state index in [-0.39, 0.29) is 5.97 Å². The molecule has 16 heavy (non-hydrogen) atoms. The molecule has 0 fully saturated rings. The van der Waals surface area contributed by atoms with Crippen molar-refractivity contribution in [2.45, 2.75) is 13.0 Å². The van der Waals surface area contributed by atoms with Crippen LogP contribution in [0.25, 0.3) is 0 Å². The predicted molar refractivity (Wildman–Crippen MR) is 61.9 cm³/mol. The number of ether oxygens (including phenoxy) is 2. The van der Waals surface area contributed by atoms with Crippen LogP contribution in [0.4, 0.5) is 0 Å². The number of rotatable bonds is 6. The highest BCUT2D eigenvalue weighted by Crippen LogP contribution is 2.00. The zero-order valence-electron chi connectivity index (χ0n) is 9.39. The molecular formula is C13H16O3. The van der Waals surface area contributed by atoms with Crippen LogP contribution in [0.15, 0.2) is 42.5 Å². The van der Waals surface area contributed by atoms with Crippen molar-refractivity contribution in [3.05, 3.63) is 48.0 Å². The van der Waals surface area contributed by atoms with Crippen LogP contribution in [-0.2, 0) is 20.9 Å². The predicted octanol–water partition coefficient (Wildman–Crippen LogP) is 2.32. The van der Waals surface area contributed by atoms with Gasteiger partial charge in [-0.1, -0.05) is 36.4 Å². The summed E-state index contributed by atoms with van der Waals surface area (Å²) >= 11 is 0. The molecule has 86 valence electrons. The second kappa shape index (κ2) is 7.65. The van der Waals surface area contributed by atoms with E-state index in [1.807, 2.05) is 30.3 Å². The largest absolute Gasteiger partial charge is 0.466 e. The molecule has 0 amide bonds. The molecule has 0 aromatic heterocycles. The molecule has 0 aliphatic rings. The zero-order chi connectivity index (χ0) is 11.6. The van der Waals surface area contributed by atoms with Gasteiger partial charge in [0, 0.05) is 6.08 Å². The molecule has 1 rings (SSSR count). The SMILES string of the molecule is COC(=O)/C=C\CCOCc1ccccc1. The van der Waals surface area contributed by atoms with Crippen molar-refractivity contribution in [1.29, 1.82) is 0 Å². The van der Waals surface area contributed by atoms with Gasteiger partial charge in [0.15, 0.2) is 0 Å². The molecule has 0 heterocycles. The van der Waals surface area contributed by atoms with Crippen LogP contribution in [0.2, 0.25) is 0 Å². The number of carbonyl (C=O) groups is 1. The number of carbonyl (C=O) groups excluding carboxylic acids is 1. The number of hydrogen-bond donors (Lipinski definition) is 0. The quantitative estimate of drug-likeness (QED) is 0.419. The van der Waals surface area contributed by atoms with Crippen molar-refractivity contribution in [2.75, 3.05) is 13.7 Å². The highest BCUT2D eigenvalue weighted by Gasteiger charge is 1.92. The summed E-state index contributed by atoms with van der Waals surface area (Å²) in [6.07, 6.45) is 3.87. The van der Waals surface area contributed by atoms with Crippen molar-refractivity contribution < 1.29 is 14.3 Å². The maximum absolute atomic E-state index is 10.7. The van der Waals surface area contributed by atoms with E-state index in [2.05, 4.69) is 4.74 Å². The van der Waals surface area contributed by atoms with E-state index in [1.54, 1.807) is 6.08 Å². The van der Waals surface area contributed by atoms with Crippen LogP contribution in [0.5, 0.6) is 0 Å². The Bertz CT molecular complexity index is 330. The van der Waals surface area contributed by atoms with Gasteiger partial charge in [-0.05, 0) is 12.0 Å². The lowest BCUT2D eigenvalue weighted by atomic mass is 10.2.